The molecule has 0 spiro atoms. The van der Waals surface area contributed by atoms with Crippen LogP contribution in [0.3, 0.4) is 0 Å². The number of rotatable bonds is 0. The van der Waals surface area contributed by atoms with Gasteiger partial charge in [-0.1, -0.05) is 0 Å². The van der Waals surface area contributed by atoms with Gasteiger partial charge in [-0.05, 0) is 0 Å². The van der Waals surface area contributed by atoms with Crippen LogP contribution in [0.4, 0.5) is 4.79 Å². The second-order valence-electron chi connectivity index (χ2n) is 0.349. The fourth-order valence-electron chi connectivity index (χ4n) is 0. The van der Waals surface area contributed by atoms with Crippen LogP contribution in [0.5, 0.6) is 0 Å². The van der Waals surface area contributed by atoms with Crippen LogP contribution in [0.1, 0.15) is 0 Å². The number of hydrogen-bond donors (Lipinski definition) is 2. The molecule has 0 heterocycles. The van der Waals surface area contributed by atoms with E-state index in [9.17, 15) is 0 Å². The van der Waals surface area contributed by atoms with Gasteiger partial charge in [-0.3, -0.25) is 0 Å². The zero-order valence-electron chi connectivity index (χ0n) is 4.49. The van der Waals surface area contributed by atoms with Gasteiger partial charge in [0, 0.05) is 0 Å². The fraction of sp³-hybridized carbons (Fsp3) is 0. The standard InChI is InChI=1S/CH2O3.H3N.3O.U/c2-1(3)4;;;;;/h(H2,2,3,4);1H3;;;;/q;;;;-2;+2. The van der Waals surface area contributed by atoms with Crippen molar-refractivity contribution in [2.45, 2.75) is 0 Å². The number of hydrogen-bond acceptors (Lipinski definition) is 4. The van der Waals surface area contributed by atoms with E-state index in [2.05, 4.69) is 0 Å². The molecule has 8 heteroatoms. The monoisotopic (exact) mass is 365 g/mol. The molecule has 0 fully saturated rings. The Morgan fingerprint density at radius 2 is 1.44 bits per heavy atom. The zero-order valence-corrected chi connectivity index (χ0v) is 8.65. The van der Waals surface area contributed by atoms with E-state index in [1.54, 1.807) is 0 Å². The molecule has 9 heavy (non-hydrogen) atoms. The Morgan fingerprint density at radius 1 is 1.44 bits per heavy atom. The second-order valence-corrected chi connectivity index (χ2v) is 1.04. The van der Waals surface area contributed by atoms with E-state index >= 15 is 0 Å². The van der Waals surface area contributed by atoms with Crippen molar-refractivity contribution in [1.82, 2.24) is 6.15 Å². The van der Waals surface area contributed by atoms with Crippen LogP contribution in [0.15, 0.2) is 0 Å². The summed E-state index contributed by atoms with van der Waals surface area (Å²) in [4.78, 5) is 8.44. The molecular formula is CH5NO6U. The Morgan fingerprint density at radius 3 is 1.44 bits per heavy atom. The molecule has 0 aromatic heterocycles. The molecule has 54 valence electrons. The molecule has 0 aromatic rings. The summed E-state index contributed by atoms with van der Waals surface area (Å²) in [6.45, 7) is 0. The quantitative estimate of drug-likeness (QED) is 0.557. The number of carbonyl (C=O) groups is 1. The molecule has 5 N–H and O–H groups in total. The average molecular weight is 365 g/mol. The first-order chi connectivity index (χ1) is 3.15. The van der Waals surface area contributed by atoms with Crippen LogP contribution in [0, 0.1) is 27.8 Å². The molecule has 0 saturated heterocycles. The topological polar surface area (TPSA) is 160 Å². The molecule has 0 saturated carbocycles. The maximum atomic E-state index is 8.58. The molecule has 0 aliphatic carbocycles. The van der Waals surface area contributed by atoms with Gasteiger partial charge in [-0.25, -0.2) is 0 Å². The summed E-state index contributed by atoms with van der Waals surface area (Å²) in [5, 5.41) is 15.3. The van der Waals surface area contributed by atoms with Crippen LogP contribution < -0.4 is 11.3 Å². The van der Waals surface area contributed by atoms with Gasteiger partial charge in [-0.15, -0.1) is 0 Å². The predicted molar refractivity (Wildman–Crippen MR) is 16.1 cm³/mol. The van der Waals surface area contributed by atoms with Crippen LogP contribution in [-0.2, 0) is 9.95 Å². The molecule has 0 bridgehead atoms. The van der Waals surface area contributed by atoms with E-state index < -0.39 is 34.0 Å². The third-order valence-electron chi connectivity index (χ3n) is 0. The Hall–Kier alpha value is -0.158. The summed E-state index contributed by atoms with van der Waals surface area (Å²) in [6, 6.07) is 0. The third kappa shape index (κ3) is 10700. The third-order valence-corrected chi connectivity index (χ3v) is 0. The van der Waals surface area contributed by atoms with Gasteiger partial charge < -0.3 is 26.6 Å². The van der Waals surface area contributed by atoms with Gasteiger partial charge >= 0.3 is 32.3 Å². The number of quaternary nitrogens is 1. The van der Waals surface area contributed by atoms with E-state index in [0.29, 0.717) is 0 Å². The van der Waals surface area contributed by atoms with Gasteiger partial charge in [0.1, 0.15) is 0 Å². The van der Waals surface area contributed by atoms with E-state index in [-0.39, 0.29) is 11.6 Å². The van der Waals surface area contributed by atoms with Gasteiger partial charge in [0.2, 0.25) is 6.16 Å². The molecule has 7 nitrogen and oxygen atoms in total. The first-order valence-corrected chi connectivity index (χ1v) is 4.44. The minimum atomic E-state index is -2.51. The number of carboxylic acid groups (broad SMARTS) is 2. The normalized spacial score (nSPS) is 3.56. The Labute approximate surface area is 65.2 Å². The van der Waals surface area contributed by atoms with Crippen LogP contribution >= 0.6 is 0 Å². The van der Waals surface area contributed by atoms with Crippen molar-refractivity contribution in [3.63, 3.8) is 0 Å². The SMILES string of the molecule is O=C([O-])O.[NH4+].[O-2].[O]=[U+2]=[O]. The van der Waals surface area contributed by atoms with Crippen molar-refractivity contribution in [3.05, 3.63) is 0 Å². The minimum absolute atomic E-state index is 0. The first kappa shape index (κ1) is 23.2. The molecule has 0 rings (SSSR count). The van der Waals surface area contributed by atoms with E-state index in [1.165, 1.54) is 0 Å². The summed E-state index contributed by atoms with van der Waals surface area (Å²) in [7, 11) is 0. The summed E-state index contributed by atoms with van der Waals surface area (Å²) in [5.41, 5.74) is 0. The van der Waals surface area contributed by atoms with Crippen molar-refractivity contribution in [2.24, 2.45) is 0 Å². The molecule has 0 aliphatic heterocycles. The van der Waals surface area contributed by atoms with Crippen molar-refractivity contribution in [1.29, 1.82) is 0 Å². The Kier molecular flexibility index (Phi) is 64.1. The van der Waals surface area contributed by atoms with Crippen molar-refractivity contribution in [2.75, 3.05) is 0 Å². The van der Waals surface area contributed by atoms with Crippen molar-refractivity contribution >= 4 is 6.16 Å². The van der Waals surface area contributed by atoms with Gasteiger partial charge in [0.25, 0.3) is 0 Å². The van der Waals surface area contributed by atoms with Crippen LogP contribution in [0.2, 0.25) is 0 Å². The van der Waals surface area contributed by atoms with Crippen molar-refractivity contribution in [3.8, 4) is 0 Å². The molecule has 0 aliphatic rings. The van der Waals surface area contributed by atoms with Gasteiger partial charge in [0.15, 0.2) is 0 Å². The summed E-state index contributed by atoms with van der Waals surface area (Å²) >= 11 is -2.51. The average Bonchev–Trinajstić information content (AvgIpc) is 1.33. The molecular weight excluding hydrogens is 360 g/mol. The zero-order chi connectivity index (χ0) is 6.28. The second kappa shape index (κ2) is 24.9. The summed E-state index contributed by atoms with van der Waals surface area (Å²) in [6.07, 6.45) is -2.08. The van der Waals surface area contributed by atoms with E-state index in [1.807, 2.05) is 0 Å². The Bertz CT molecular complexity index is 81.1. The summed E-state index contributed by atoms with van der Waals surface area (Å²) < 4.78 is 17.2. The fourth-order valence-corrected chi connectivity index (χ4v) is 0. The van der Waals surface area contributed by atoms with Gasteiger partial charge in [0.05, 0.1) is 0 Å². The molecule has 0 atom stereocenters. The Balaban J connectivity index is -0.0000000233. The molecule has 0 radical (unpaired) electrons. The van der Waals surface area contributed by atoms with Crippen LogP contribution in [0.25, 0.3) is 0 Å². The molecule has 0 unspecified atom stereocenters. The van der Waals surface area contributed by atoms with Crippen LogP contribution in [-0.4, -0.2) is 11.3 Å². The predicted octanol–water partition coefficient (Wildman–Crippen LogP) is -1.09. The van der Waals surface area contributed by atoms with Crippen molar-refractivity contribution < 1.29 is 52.8 Å². The maximum absolute atomic E-state index is 8.58. The molecule has 0 aromatic carbocycles. The van der Waals surface area contributed by atoms with E-state index in [4.69, 9.17) is 19.5 Å². The summed E-state index contributed by atoms with van der Waals surface area (Å²) in [5.74, 6) is 0. The first-order valence-electron chi connectivity index (χ1n) is 1.04. The molecule has 0 amide bonds. The van der Waals surface area contributed by atoms with Gasteiger partial charge in [-0.2, -0.15) is 0 Å². The van der Waals surface area contributed by atoms with E-state index in [0.717, 1.165) is 0 Å².